The fraction of sp³-hybridized carbons (Fsp3) is 0.146. The van der Waals surface area contributed by atoms with Crippen molar-refractivity contribution in [3.63, 3.8) is 0 Å². The van der Waals surface area contributed by atoms with Crippen LogP contribution in [-0.4, -0.2) is 29.1 Å². The minimum atomic E-state index is -0.679. The Kier molecular flexibility index (Phi) is 10.7. The van der Waals surface area contributed by atoms with Crippen LogP contribution in [0.4, 0.5) is 5.82 Å². The van der Waals surface area contributed by atoms with E-state index in [-0.39, 0.29) is 5.97 Å². The van der Waals surface area contributed by atoms with Crippen LogP contribution >= 0.6 is 0 Å². The van der Waals surface area contributed by atoms with Gasteiger partial charge in [0.2, 0.25) is 0 Å². The number of ether oxygens (including phenoxy) is 3. The molecule has 1 atom stereocenters. The van der Waals surface area contributed by atoms with Crippen LogP contribution in [0.3, 0.4) is 0 Å². The first-order valence-electron chi connectivity index (χ1n) is 15.9. The van der Waals surface area contributed by atoms with E-state index in [1.54, 1.807) is 6.20 Å². The first-order chi connectivity index (χ1) is 23.6. The van der Waals surface area contributed by atoms with Crippen molar-refractivity contribution in [1.29, 1.82) is 0 Å². The van der Waals surface area contributed by atoms with E-state index >= 15 is 0 Å². The van der Waals surface area contributed by atoms with Gasteiger partial charge in [0, 0.05) is 18.4 Å². The summed E-state index contributed by atoms with van der Waals surface area (Å²) in [5, 5.41) is 3.35. The highest BCUT2D eigenvalue weighted by Gasteiger charge is 2.23. The van der Waals surface area contributed by atoms with E-state index in [2.05, 4.69) is 17.4 Å². The Morgan fingerprint density at radius 3 is 1.71 bits per heavy atom. The van der Waals surface area contributed by atoms with Crippen molar-refractivity contribution in [2.45, 2.75) is 32.1 Å². The molecule has 0 spiro atoms. The van der Waals surface area contributed by atoms with E-state index in [9.17, 15) is 4.79 Å². The molecule has 0 radical (unpaired) electrons. The molecular formula is C41H37N3O4. The lowest BCUT2D eigenvalue weighted by Gasteiger charge is -2.20. The number of carbonyl (C=O) groups is 1. The summed E-state index contributed by atoms with van der Waals surface area (Å²) in [5.74, 6) is 1.67. The van der Waals surface area contributed by atoms with Crippen LogP contribution in [-0.2, 0) is 35.6 Å². The van der Waals surface area contributed by atoms with Crippen LogP contribution in [0.5, 0.6) is 11.5 Å². The molecule has 0 saturated heterocycles. The molecule has 0 amide bonds. The van der Waals surface area contributed by atoms with Gasteiger partial charge in [0.15, 0.2) is 0 Å². The molecular weight excluding hydrogens is 598 g/mol. The van der Waals surface area contributed by atoms with Gasteiger partial charge in [-0.15, -0.1) is 0 Å². The SMILES string of the molecule is COC(=O)C(Cc1ccc(OCc2ccccc2)cc1)Nc1ncc(-c2ccc(OCc3ccccc3)cc2)nc1Cc1ccccc1. The Morgan fingerprint density at radius 2 is 1.17 bits per heavy atom. The average Bonchev–Trinajstić information content (AvgIpc) is 3.15. The highest BCUT2D eigenvalue weighted by molar-refractivity contribution is 5.79. The van der Waals surface area contributed by atoms with E-state index in [1.165, 1.54) is 7.11 Å². The van der Waals surface area contributed by atoms with Crippen molar-refractivity contribution in [2.75, 3.05) is 12.4 Å². The number of nitrogens with zero attached hydrogens (tertiary/aromatic N) is 2. The number of rotatable bonds is 14. The van der Waals surface area contributed by atoms with Crippen molar-refractivity contribution in [2.24, 2.45) is 0 Å². The van der Waals surface area contributed by atoms with Gasteiger partial charge in [0.05, 0.1) is 24.7 Å². The number of benzene rings is 5. The average molecular weight is 636 g/mol. The summed E-state index contributed by atoms with van der Waals surface area (Å²) < 4.78 is 17.1. The highest BCUT2D eigenvalue weighted by atomic mass is 16.5. The zero-order chi connectivity index (χ0) is 33.0. The smallest absolute Gasteiger partial charge is 0.328 e. The molecule has 1 heterocycles. The zero-order valence-electron chi connectivity index (χ0n) is 26.8. The van der Waals surface area contributed by atoms with Gasteiger partial charge in [-0.2, -0.15) is 0 Å². The van der Waals surface area contributed by atoms with Gasteiger partial charge in [-0.25, -0.2) is 14.8 Å². The summed E-state index contributed by atoms with van der Waals surface area (Å²) in [5.41, 5.74) is 6.60. The number of anilines is 1. The Bertz CT molecular complexity index is 1880. The van der Waals surface area contributed by atoms with E-state index < -0.39 is 6.04 Å². The number of hydrogen-bond acceptors (Lipinski definition) is 7. The van der Waals surface area contributed by atoms with Crippen molar-refractivity contribution >= 4 is 11.8 Å². The van der Waals surface area contributed by atoms with Gasteiger partial charge in [-0.3, -0.25) is 0 Å². The third kappa shape index (κ3) is 8.85. The topological polar surface area (TPSA) is 82.6 Å². The number of carbonyl (C=O) groups excluding carboxylic acids is 1. The Balaban J connectivity index is 1.18. The molecule has 0 fully saturated rings. The fourth-order valence-corrected chi connectivity index (χ4v) is 5.26. The van der Waals surface area contributed by atoms with E-state index in [0.29, 0.717) is 31.9 Å². The predicted molar refractivity (Wildman–Crippen MR) is 188 cm³/mol. The molecule has 7 nitrogen and oxygen atoms in total. The van der Waals surface area contributed by atoms with Gasteiger partial charge in [0.1, 0.15) is 36.6 Å². The molecule has 6 rings (SSSR count). The van der Waals surface area contributed by atoms with Crippen LogP contribution in [0.25, 0.3) is 11.3 Å². The second kappa shape index (κ2) is 16.1. The Labute approximate surface area is 281 Å². The van der Waals surface area contributed by atoms with Gasteiger partial charge < -0.3 is 19.5 Å². The molecule has 1 aromatic heterocycles. The molecule has 0 aliphatic rings. The summed E-state index contributed by atoms with van der Waals surface area (Å²) in [4.78, 5) is 22.8. The lowest BCUT2D eigenvalue weighted by atomic mass is 10.0. The summed E-state index contributed by atoms with van der Waals surface area (Å²) in [6.07, 6.45) is 2.65. The second-order valence-electron chi connectivity index (χ2n) is 11.4. The van der Waals surface area contributed by atoms with Gasteiger partial charge in [-0.05, 0) is 58.7 Å². The van der Waals surface area contributed by atoms with Crippen molar-refractivity contribution in [1.82, 2.24) is 9.97 Å². The maximum absolute atomic E-state index is 13.0. The minimum absolute atomic E-state index is 0.387. The quantitative estimate of drug-likeness (QED) is 0.121. The number of esters is 1. The van der Waals surface area contributed by atoms with E-state index in [0.717, 1.165) is 50.7 Å². The fourth-order valence-electron chi connectivity index (χ4n) is 5.26. The normalized spacial score (nSPS) is 11.4. The second-order valence-corrected chi connectivity index (χ2v) is 11.4. The standard InChI is InChI=1S/C41H37N3O4/c1-46-41(45)38(26-31-17-21-35(22-18-31)47-28-32-13-7-3-8-14-32)44-40-37(25-30-11-5-2-6-12-30)43-39(27-42-40)34-19-23-36(24-20-34)48-29-33-15-9-4-10-16-33/h2-24,27,38H,25-26,28-29H2,1H3,(H,42,44). The maximum Gasteiger partial charge on any atom is 0.328 e. The number of aromatic nitrogens is 2. The molecule has 240 valence electrons. The third-order valence-corrected chi connectivity index (χ3v) is 7.87. The van der Waals surface area contributed by atoms with Crippen LogP contribution < -0.4 is 14.8 Å². The summed E-state index contributed by atoms with van der Waals surface area (Å²) in [7, 11) is 1.39. The first kappa shape index (κ1) is 32.0. The number of hydrogen-bond donors (Lipinski definition) is 1. The van der Waals surface area contributed by atoms with Crippen LogP contribution in [0.15, 0.2) is 146 Å². The van der Waals surface area contributed by atoms with Crippen molar-refractivity contribution < 1.29 is 19.0 Å². The largest absolute Gasteiger partial charge is 0.489 e. The number of nitrogens with one attached hydrogen (secondary N) is 1. The molecule has 7 heteroatoms. The minimum Gasteiger partial charge on any atom is -0.489 e. The number of methoxy groups -OCH3 is 1. The van der Waals surface area contributed by atoms with E-state index in [1.807, 2.05) is 127 Å². The van der Waals surface area contributed by atoms with Gasteiger partial charge >= 0.3 is 5.97 Å². The predicted octanol–water partition coefficient (Wildman–Crippen LogP) is 8.09. The maximum atomic E-state index is 13.0. The summed E-state index contributed by atoms with van der Waals surface area (Å²) >= 11 is 0. The zero-order valence-corrected chi connectivity index (χ0v) is 26.8. The van der Waals surface area contributed by atoms with Crippen molar-refractivity contribution in [3.8, 4) is 22.8 Å². The lowest BCUT2D eigenvalue weighted by Crippen LogP contribution is -2.33. The van der Waals surface area contributed by atoms with Gasteiger partial charge in [-0.1, -0.05) is 103 Å². The first-order valence-corrected chi connectivity index (χ1v) is 15.9. The van der Waals surface area contributed by atoms with Gasteiger partial charge in [0.25, 0.3) is 0 Å². The molecule has 0 saturated carbocycles. The van der Waals surface area contributed by atoms with E-state index in [4.69, 9.17) is 24.2 Å². The van der Waals surface area contributed by atoms with Crippen LogP contribution in [0, 0.1) is 0 Å². The molecule has 0 aliphatic heterocycles. The molecule has 0 aliphatic carbocycles. The molecule has 1 N–H and O–H groups in total. The van der Waals surface area contributed by atoms with Crippen LogP contribution in [0.2, 0.25) is 0 Å². The summed E-state index contributed by atoms with van der Waals surface area (Å²) in [6.45, 7) is 0.979. The molecule has 5 aromatic carbocycles. The Hall–Kier alpha value is -5.95. The lowest BCUT2D eigenvalue weighted by molar-refractivity contribution is -0.141. The molecule has 6 aromatic rings. The van der Waals surface area contributed by atoms with Crippen molar-refractivity contribution in [3.05, 3.63) is 174 Å². The third-order valence-electron chi connectivity index (χ3n) is 7.87. The van der Waals surface area contributed by atoms with Crippen LogP contribution in [0.1, 0.15) is 27.9 Å². The Morgan fingerprint density at radius 1 is 0.646 bits per heavy atom. The monoisotopic (exact) mass is 635 g/mol. The molecule has 1 unspecified atom stereocenters. The highest BCUT2D eigenvalue weighted by Crippen LogP contribution is 2.25. The molecule has 0 bridgehead atoms. The summed E-state index contributed by atoms with van der Waals surface area (Å²) in [6, 6.07) is 45.1. The molecule has 48 heavy (non-hydrogen) atoms.